The molecule has 2 aliphatic rings. The van der Waals surface area contributed by atoms with E-state index in [-0.39, 0.29) is 25.0 Å². The van der Waals surface area contributed by atoms with Crippen molar-refractivity contribution in [3.8, 4) is 11.5 Å². The minimum Gasteiger partial charge on any atom is -0.454 e. The van der Waals surface area contributed by atoms with Crippen LogP contribution < -0.4 is 25.6 Å². The summed E-state index contributed by atoms with van der Waals surface area (Å²) in [4.78, 5) is 27.3. The molecule has 8 heteroatoms. The molecule has 1 fully saturated rings. The number of carbonyl (C=O) groups is 2. The highest BCUT2D eigenvalue weighted by molar-refractivity contribution is 5.78. The Hall–Kier alpha value is -2.48. The van der Waals surface area contributed by atoms with Crippen LogP contribution in [-0.2, 0) is 9.59 Å². The molecule has 2 heterocycles. The number of rotatable bonds is 5. The number of nitrogens with one attached hydrogen (secondary N) is 1. The van der Waals surface area contributed by atoms with Gasteiger partial charge in [-0.2, -0.15) is 0 Å². The number of hydrogen-bond acceptors (Lipinski definition) is 6. The Morgan fingerprint density at radius 2 is 1.83 bits per heavy atom. The second-order valence-corrected chi connectivity index (χ2v) is 5.83. The summed E-state index contributed by atoms with van der Waals surface area (Å²) >= 11 is 0. The van der Waals surface area contributed by atoms with Crippen LogP contribution in [0.15, 0.2) is 18.2 Å². The van der Waals surface area contributed by atoms with Crippen molar-refractivity contribution in [2.24, 2.45) is 5.84 Å². The quantitative estimate of drug-likeness (QED) is 0.454. The minimum atomic E-state index is -0.240. The van der Waals surface area contributed by atoms with Crippen molar-refractivity contribution in [1.29, 1.82) is 0 Å². The smallest absolute Gasteiger partial charge is 0.233 e. The van der Waals surface area contributed by atoms with Crippen molar-refractivity contribution in [3.05, 3.63) is 18.2 Å². The van der Waals surface area contributed by atoms with E-state index < -0.39 is 0 Å². The fourth-order valence-corrected chi connectivity index (χ4v) is 2.93. The summed E-state index contributed by atoms with van der Waals surface area (Å²) in [5.74, 6) is 6.41. The molecule has 0 unspecified atom stereocenters. The molecule has 0 radical (unpaired) electrons. The number of nitrogens with zero attached hydrogens (tertiary/aromatic N) is 2. The highest BCUT2D eigenvalue weighted by atomic mass is 16.7. The molecule has 130 valence electrons. The van der Waals surface area contributed by atoms with Gasteiger partial charge >= 0.3 is 0 Å². The van der Waals surface area contributed by atoms with E-state index in [1.54, 1.807) is 0 Å². The van der Waals surface area contributed by atoms with Gasteiger partial charge in [-0.25, -0.2) is 5.84 Å². The van der Waals surface area contributed by atoms with Crippen LogP contribution in [0.2, 0.25) is 0 Å². The molecule has 1 aromatic carbocycles. The summed E-state index contributed by atoms with van der Waals surface area (Å²) in [6.07, 6.45) is 1.17. The zero-order chi connectivity index (χ0) is 16.9. The third kappa shape index (κ3) is 3.70. The summed E-state index contributed by atoms with van der Waals surface area (Å²) in [6.45, 7) is 3.17. The summed E-state index contributed by atoms with van der Waals surface area (Å²) < 4.78 is 10.7. The van der Waals surface area contributed by atoms with Crippen LogP contribution in [0.3, 0.4) is 0 Å². The van der Waals surface area contributed by atoms with Gasteiger partial charge in [-0.1, -0.05) is 0 Å². The number of fused-ring (bicyclic) bond motifs is 1. The molecule has 1 saturated heterocycles. The molecule has 0 aromatic heterocycles. The van der Waals surface area contributed by atoms with Crippen LogP contribution >= 0.6 is 0 Å². The number of benzene rings is 1. The Kier molecular flexibility index (Phi) is 5.05. The van der Waals surface area contributed by atoms with Crippen LogP contribution in [0, 0.1) is 0 Å². The second kappa shape index (κ2) is 7.39. The van der Waals surface area contributed by atoms with Crippen molar-refractivity contribution in [3.63, 3.8) is 0 Å². The lowest BCUT2D eigenvalue weighted by Crippen LogP contribution is -2.48. The SMILES string of the molecule is NNC(=O)CCCC(=O)N1CCN(c2ccc3c(c2)OCO3)CC1. The molecule has 8 nitrogen and oxygen atoms in total. The second-order valence-electron chi connectivity index (χ2n) is 5.83. The molecule has 24 heavy (non-hydrogen) atoms. The normalized spacial score (nSPS) is 16.2. The molecule has 0 aliphatic carbocycles. The van der Waals surface area contributed by atoms with Gasteiger partial charge in [0.15, 0.2) is 11.5 Å². The minimum absolute atomic E-state index is 0.0881. The number of piperazine rings is 1. The topological polar surface area (TPSA) is 97.1 Å². The number of anilines is 1. The van der Waals surface area contributed by atoms with Crippen molar-refractivity contribution < 1.29 is 19.1 Å². The summed E-state index contributed by atoms with van der Waals surface area (Å²) in [5, 5.41) is 0. The number of amides is 2. The lowest BCUT2D eigenvalue weighted by atomic mass is 10.2. The zero-order valence-corrected chi connectivity index (χ0v) is 13.5. The Labute approximate surface area is 140 Å². The Morgan fingerprint density at radius 1 is 1.08 bits per heavy atom. The molecule has 0 spiro atoms. The van der Waals surface area contributed by atoms with Gasteiger partial charge in [-0.15, -0.1) is 0 Å². The van der Waals surface area contributed by atoms with E-state index in [0.29, 0.717) is 25.9 Å². The van der Waals surface area contributed by atoms with Crippen molar-refractivity contribution in [2.75, 3.05) is 37.9 Å². The Morgan fingerprint density at radius 3 is 2.58 bits per heavy atom. The van der Waals surface area contributed by atoms with E-state index in [2.05, 4.69) is 10.3 Å². The predicted octanol–water partition coefficient (Wildman–Crippen LogP) is 0.224. The third-order valence-electron chi connectivity index (χ3n) is 4.31. The average Bonchev–Trinajstić information content (AvgIpc) is 3.09. The van der Waals surface area contributed by atoms with E-state index in [1.807, 2.05) is 23.1 Å². The fraction of sp³-hybridized carbons (Fsp3) is 0.500. The van der Waals surface area contributed by atoms with E-state index >= 15 is 0 Å². The van der Waals surface area contributed by atoms with E-state index in [4.69, 9.17) is 15.3 Å². The average molecular weight is 334 g/mol. The van der Waals surface area contributed by atoms with Crippen molar-refractivity contribution in [2.45, 2.75) is 19.3 Å². The monoisotopic (exact) mass is 334 g/mol. The summed E-state index contributed by atoms with van der Waals surface area (Å²) in [7, 11) is 0. The number of hydrazine groups is 1. The Balaban J connectivity index is 1.47. The largest absolute Gasteiger partial charge is 0.454 e. The standard InChI is InChI=1S/C16H22N4O4/c17-18-15(21)2-1-3-16(22)20-8-6-19(7-9-20)12-4-5-13-14(10-12)24-11-23-13/h4-5,10H,1-3,6-9,11,17H2,(H,18,21). The lowest BCUT2D eigenvalue weighted by Gasteiger charge is -2.36. The van der Waals surface area contributed by atoms with Crippen molar-refractivity contribution >= 4 is 17.5 Å². The first-order valence-electron chi connectivity index (χ1n) is 8.09. The summed E-state index contributed by atoms with van der Waals surface area (Å²) in [5.41, 5.74) is 3.15. The van der Waals surface area contributed by atoms with Crippen molar-refractivity contribution in [1.82, 2.24) is 10.3 Å². The maximum atomic E-state index is 12.2. The number of nitrogens with two attached hydrogens (primary N) is 1. The van der Waals surface area contributed by atoms with Crippen LogP contribution in [0.1, 0.15) is 19.3 Å². The molecular weight excluding hydrogens is 312 g/mol. The molecule has 0 saturated carbocycles. The highest BCUT2D eigenvalue weighted by Gasteiger charge is 2.22. The number of ether oxygens (including phenoxy) is 2. The molecule has 2 amide bonds. The highest BCUT2D eigenvalue weighted by Crippen LogP contribution is 2.35. The predicted molar refractivity (Wildman–Crippen MR) is 87.5 cm³/mol. The molecular formula is C16H22N4O4. The summed E-state index contributed by atoms with van der Waals surface area (Å²) in [6, 6.07) is 5.90. The van der Waals surface area contributed by atoms with Gasteiger partial charge in [0.25, 0.3) is 0 Å². The van der Waals surface area contributed by atoms with Crippen LogP contribution in [0.5, 0.6) is 11.5 Å². The zero-order valence-electron chi connectivity index (χ0n) is 13.5. The van der Waals surface area contributed by atoms with Gasteiger partial charge in [-0.3, -0.25) is 15.0 Å². The molecule has 2 aliphatic heterocycles. The maximum absolute atomic E-state index is 12.2. The van der Waals surface area contributed by atoms with Crippen LogP contribution in [0.4, 0.5) is 5.69 Å². The van der Waals surface area contributed by atoms with E-state index in [0.717, 1.165) is 30.3 Å². The third-order valence-corrected chi connectivity index (χ3v) is 4.31. The molecule has 0 atom stereocenters. The molecule has 3 N–H and O–H groups in total. The lowest BCUT2D eigenvalue weighted by molar-refractivity contribution is -0.131. The fourth-order valence-electron chi connectivity index (χ4n) is 2.93. The first-order valence-corrected chi connectivity index (χ1v) is 8.09. The molecule has 3 rings (SSSR count). The first-order chi connectivity index (χ1) is 11.7. The van der Waals surface area contributed by atoms with Gasteiger partial charge < -0.3 is 19.3 Å². The Bertz CT molecular complexity index is 614. The van der Waals surface area contributed by atoms with Gasteiger partial charge in [0, 0.05) is 50.8 Å². The number of carbonyl (C=O) groups excluding carboxylic acids is 2. The van der Waals surface area contributed by atoms with Crippen LogP contribution in [-0.4, -0.2) is 49.7 Å². The number of hydrogen-bond donors (Lipinski definition) is 2. The van der Waals surface area contributed by atoms with Gasteiger partial charge in [0.1, 0.15) is 0 Å². The van der Waals surface area contributed by atoms with Gasteiger partial charge in [0.2, 0.25) is 18.6 Å². The van der Waals surface area contributed by atoms with Gasteiger partial charge in [-0.05, 0) is 18.6 Å². The van der Waals surface area contributed by atoms with Gasteiger partial charge in [0.05, 0.1) is 0 Å². The maximum Gasteiger partial charge on any atom is 0.233 e. The van der Waals surface area contributed by atoms with E-state index in [1.165, 1.54) is 0 Å². The van der Waals surface area contributed by atoms with Crippen LogP contribution in [0.25, 0.3) is 0 Å². The first kappa shape index (κ1) is 16.4. The van der Waals surface area contributed by atoms with E-state index in [9.17, 15) is 9.59 Å². The molecule has 1 aromatic rings. The molecule has 0 bridgehead atoms.